The lowest BCUT2D eigenvalue weighted by Crippen LogP contribution is -2.15. The summed E-state index contributed by atoms with van der Waals surface area (Å²) in [6.07, 6.45) is 2.54. The molecule has 0 aliphatic carbocycles. The van der Waals surface area contributed by atoms with E-state index in [9.17, 15) is 4.39 Å². The summed E-state index contributed by atoms with van der Waals surface area (Å²) in [7, 11) is 0. The molecule has 0 saturated carbocycles. The molecule has 7 heteroatoms. The van der Waals surface area contributed by atoms with Gasteiger partial charge in [-0.2, -0.15) is 4.39 Å². The van der Waals surface area contributed by atoms with Crippen molar-refractivity contribution in [3.63, 3.8) is 0 Å². The lowest BCUT2D eigenvalue weighted by Gasteiger charge is -2.10. The van der Waals surface area contributed by atoms with Gasteiger partial charge in [0.15, 0.2) is 0 Å². The van der Waals surface area contributed by atoms with Crippen LogP contribution in [-0.2, 0) is 0 Å². The maximum Gasteiger partial charge on any atom is 0.227 e. The van der Waals surface area contributed by atoms with Crippen LogP contribution in [0.25, 0.3) is 0 Å². The summed E-state index contributed by atoms with van der Waals surface area (Å²) >= 11 is 3.07. The summed E-state index contributed by atoms with van der Waals surface area (Å²) in [4.78, 5) is 3.57. The lowest BCUT2D eigenvalue weighted by molar-refractivity contribution is 0.258. The number of hydrogen-bond donors (Lipinski definition) is 1. The maximum atomic E-state index is 12.8. The zero-order valence-electron chi connectivity index (χ0n) is 8.99. The first-order chi connectivity index (χ1) is 7.25. The molecule has 1 N–H and O–H groups in total. The molecule has 0 spiro atoms. The minimum Gasteiger partial charge on any atom is -0.492 e. The normalized spacial score (nSPS) is 18.1. The van der Waals surface area contributed by atoms with Gasteiger partial charge in [0.25, 0.3) is 0 Å². The fraction of sp³-hybridized carbons (Fsp3) is 0.500. The second kappa shape index (κ2) is 8.08. The molecule has 1 atom stereocenters. The molecule has 1 aliphatic rings. The highest BCUT2D eigenvalue weighted by atomic mass is 79.9. The van der Waals surface area contributed by atoms with E-state index < -0.39 is 5.95 Å². The van der Waals surface area contributed by atoms with Crippen LogP contribution in [0.3, 0.4) is 0 Å². The Morgan fingerprint density at radius 1 is 1.53 bits per heavy atom. The first-order valence-corrected chi connectivity index (χ1v) is 5.69. The summed E-state index contributed by atoms with van der Waals surface area (Å²) in [5.74, 6) is 0.647. The van der Waals surface area contributed by atoms with Crippen molar-refractivity contribution < 1.29 is 9.13 Å². The number of hydrogen-bond acceptors (Lipinski definition) is 3. The van der Waals surface area contributed by atoms with Crippen LogP contribution in [-0.4, -0.2) is 24.7 Å². The molecule has 1 aliphatic heterocycles. The van der Waals surface area contributed by atoms with Gasteiger partial charge < -0.3 is 10.1 Å². The van der Waals surface area contributed by atoms with Crippen LogP contribution in [0.5, 0.6) is 5.75 Å². The number of nitrogens with zero attached hydrogens (tertiary/aromatic N) is 1. The highest BCUT2D eigenvalue weighted by molar-refractivity contribution is 9.10. The third-order valence-corrected chi connectivity index (χ3v) is 2.98. The molecule has 3 nitrogen and oxygen atoms in total. The fourth-order valence-corrected chi connectivity index (χ4v) is 1.88. The van der Waals surface area contributed by atoms with Gasteiger partial charge in [-0.05, 0) is 28.9 Å². The molecule has 0 bridgehead atoms. The Labute approximate surface area is 120 Å². The molecule has 2 rings (SSSR count). The summed E-state index contributed by atoms with van der Waals surface area (Å²) in [6, 6.07) is 1.60. The Kier molecular flexibility index (Phi) is 8.03. The Balaban J connectivity index is 0.00000128. The topological polar surface area (TPSA) is 34.1 Å². The van der Waals surface area contributed by atoms with Crippen molar-refractivity contribution in [1.29, 1.82) is 0 Å². The van der Waals surface area contributed by atoms with Crippen molar-refractivity contribution in [3.8, 4) is 5.75 Å². The van der Waals surface area contributed by atoms with Crippen LogP contribution >= 0.6 is 40.7 Å². The van der Waals surface area contributed by atoms with E-state index in [2.05, 4.69) is 26.2 Å². The molecule has 2 heterocycles. The van der Waals surface area contributed by atoms with Gasteiger partial charge in [0, 0.05) is 18.5 Å². The van der Waals surface area contributed by atoms with E-state index in [0.717, 1.165) is 19.5 Å². The van der Waals surface area contributed by atoms with Gasteiger partial charge in [-0.1, -0.05) is 0 Å². The van der Waals surface area contributed by atoms with E-state index in [1.165, 1.54) is 6.20 Å². The van der Waals surface area contributed by atoms with Crippen molar-refractivity contribution in [1.82, 2.24) is 10.3 Å². The zero-order chi connectivity index (χ0) is 10.7. The van der Waals surface area contributed by atoms with Crippen molar-refractivity contribution in [2.45, 2.75) is 6.42 Å². The standard InChI is InChI=1S/C10H12BrFN2O.2ClH/c11-9-3-8(5-14-10(9)12)15-6-7-1-2-13-4-7;;/h3,5,7,13H,1-2,4,6H2;2*1H/t7-;;/m0../s1. The van der Waals surface area contributed by atoms with Gasteiger partial charge in [-0.15, -0.1) is 24.8 Å². The second-order valence-electron chi connectivity index (χ2n) is 3.61. The number of pyridine rings is 1. The molecular formula is C10H14BrCl2FN2O. The number of halogens is 4. The Bertz CT molecular complexity index is 351. The second-order valence-corrected chi connectivity index (χ2v) is 4.47. The summed E-state index contributed by atoms with van der Waals surface area (Å²) in [5, 5.41) is 3.26. The van der Waals surface area contributed by atoms with Crippen LogP contribution in [0.2, 0.25) is 0 Å². The first-order valence-electron chi connectivity index (χ1n) is 4.90. The molecule has 17 heavy (non-hydrogen) atoms. The predicted octanol–water partition coefficient (Wildman–Crippen LogP) is 2.82. The van der Waals surface area contributed by atoms with Crippen LogP contribution in [0.1, 0.15) is 6.42 Å². The van der Waals surface area contributed by atoms with Gasteiger partial charge in [0.2, 0.25) is 5.95 Å². The smallest absolute Gasteiger partial charge is 0.227 e. The molecule has 1 aromatic rings. The highest BCUT2D eigenvalue weighted by Gasteiger charge is 2.15. The van der Waals surface area contributed by atoms with Gasteiger partial charge in [0.05, 0.1) is 17.3 Å². The fourth-order valence-electron chi connectivity index (χ4n) is 1.55. The monoisotopic (exact) mass is 346 g/mol. The minimum absolute atomic E-state index is 0. The van der Waals surface area contributed by atoms with Crippen LogP contribution in [0.15, 0.2) is 16.7 Å². The molecule has 1 saturated heterocycles. The van der Waals surface area contributed by atoms with E-state index >= 15 is 0 Å². The average molecular weight is 348 g/mol. The number of nitrogens with one attached hydrogen (secondary N) is 1. The quantitative estimate of drug-likeness (QED) is 0.854. The summed E-state index contributed by atoms with van der Waals surface area (Å²) < 4.78 is 18.7. The van der Waals surface area contributed by atoms with Crippen molar-refractivity contribution in [3.05, 3.63) is 22.7 Å². The van der Waals surface area contributed by atoms with E-state index in [-0.39, 0.29) is 24.8 Å². The van der Waals surface area contributed by atoms with E-state index in [1.807, 2.05) is 0 Å². The molecule has 98 valence electrons. The number of rotatable bonds is 3. The molecular weight excluding hydrogens is 334 g/mol. The van der Waals surface area contributed by atoms with E-state index in [1.54, 1.807) is 6.07 Å². The van der Waals surface area contributed by atoms with Gasteiger partial charge >= 0.3 is 0 Å². The Hall–Kier alpha value is -0.100. The van der Waals surface area contributed by atoms with Crippen molar-refractivity contribution in [2.75, 3.05) is 19.7 Å². The van der Waals surface area contributed by atoms with Gasteiger partial charge in [0.1, 0.15) is 5.75 Å². The maximum absolute atomic E-state index is 12.8. The van der Waals surface area contributed by atoms with Crippen LogP contribution < -0.4 is 10.1 Å². The summed E-state index contributed by atoms with van der Waals surface area (Å²) in [5.41, 5.74) is 0. The predicted molar refractivity (Wildman–Crippen MR) is 72.9 cm³/mol. The third-order valence-electron chi connectivity index (χ3n) is 2.42. The van der Waals surface area contributed by atoms with Gasteiger partial charge in [-0.3, -0.25) is 0 Å². The van der Waals surface area contributed by atoms with Crippen molar-refractivity contribution >= 4 is 40.7 Å². The molecule has 0 radical (unpaired) electrons. The van der Waals surface area contributed by atoms with Gasteiger partial charge in [-0.25, -0.2) is 4.98 Å². The SMILES string of the molecule is Cl.Cl.Fc1ncc(OC[C@H]2CCNC2)cc1Br. The molecule has 1 aromatic heterocycles. The molecule has 0 aromatic carbocycles. The van der Waals surface area contributed by atoms with E-state index in [0.29, 0.717) is 22.7 Å². The number of aromatic nitrogens is 1. The lowest BCUT2D eigenvalue weighted by atomic mass is 10.1. The Morgan fingerprint density at radius 3 is 2.88 bits per heavy atom. The molecule has 1 fully saturated rings. The van der Waals surface area contributed by atoms with Crippen LogP contribution in [0.4, 0.5) is 4.39 Å². The minimum atomic E-state index is -0.509. The zero-order valence-corrected chi connectivity index (χ0v) is 12.2. The van der Waals surface area contributed by atoms with Crippen LogP contribution in [0, 0.1) is 11.9 Å². The first kappa shape index (κ1) is 16.9. The number of ether oxygens (including phenoxy) is 1. The van der Waals surface area contributed by atoms with Crippen molar-refractivity contribution in [2.24, 2.45) is 5.92 Å². The summed E-state index contributed by atoms with van der Waals surface area (Å²) in [6.45, 7) is 2.71. The molecule has 0 amide bonds. The van der Waals surface area contributed by atoms with E-state index in [4.69, 9.17) is 4.74 Å². The molecule has 0 unspecified atom stereocenters. The highest BCUT2D eigenvalue weighted by Crippen LogP contribution is 2.20. The third kappa shape index (κ3) is 4.95. The average Bonchev–Trinajstić information content (AvgIpc) is 2.73. The Morgan fingerprint density at radius 2 is 2.29 bits per heavy atom. The largest absolute Gasteiger partial charge is 0.492 e.